The van der Waals surface area contributed by atoms with Crippen LogP contribution in [-0.2, 0) is 0 Å². The summed E-state index contributed by atoms with van der Waals surface area (Å²) in [7, 11) is 0. The molecular formula is C13H17NO. The monoisotopic (exact) mass is 203 g/mol. The van der Waals surface area contributed by atoms with Crippen molar-refractivity contribution in [3.05, 3.63) is 47.5 Å². The molecule has 1 aliphatic rings. The van der Waals surface area contributed by atoms with Crippen molar-refractivity contribution in [2.75, 3.05) is 6.61 Å². The predicted octanol–water partition coefficient (Wildman–Crippen LogP) is 2.03. The average molecular weight is 203 g/mol. The van der Waals surface area contributed by atoms with Gasteiger partial charge in [0.25, 0.3) is 0 Å². The molecular weight excluding hydrogens is 186 g/mol. The molecule has 1 aliphatic heterocycles. The fourth-order valence-corrected chi connectivity index (χ4v) is 2.08. The maximum atomic E-state index is 9.18. The molecule has 0 aliphatic carbocycles. The lowest BCUT2D eigenvalue weighted by Crippen LogP contribution is -2.34. The Morgan fingerprint density at radius 2 is 2.07 bits per heavy atom. The average Bonchev–Trinajstić information content (AvgIpc) is 2.29. The van der Waals surface area contributed by atoms with Gasteiger partial charge in [-0.1, -0.05) is 36.4 Å². The van der Waals surface area contributed by atoms with E-state index in [1.54, 1.807) is 0 Å². The minimum Gasteiger partial charge on any atom is -0.392 e. The minimum absolute atomic E-state index is 0.176. The van der Waals surface area contributed by atoms with Gasteiger partial charge in [0.15, 0.2) is 0 Å². The zero-order valence-electron chi connectivity index (χ0n) is 8.98. The van der Waals surface area contributed by atoms with Gasteiger partial charge in [0.1, 0.15) is 0 Å². The van der Waals surface area contributed by atoms with Crippen molar-refractivity contribution in [3.8, 4) is 0 Å². The number of aliphatic hydroxyl groups is 1. The standard InChI is InChI=1S/C13H17NO/c1-10-7-11(9-15)8-13(14-10)12-5-3-2-4-6-12/h2-6,8,10,13-15H,7,9H2,1H3/t10-,13+/m1/s1. The molecule has 0 saturated carbocycles. The second kappa shape index (κ2) is 4.60. The summed E-state index contributed by atoms with van der Waals surface area (Å²) in [4.78, 5) is 0. The fourth-order valence-electron chi connectivity index (χ4n) is 2.08. The van der Waals surface area contributed by atoms with E-state index in [-0.39, 0.29) is 12.6 Å². The largest absolute Gasteiger partial charge is 0.392 e. The van der Waals surface area contributed by atoms with Crippen molar-refractivity contribution >= 4 is 0 Å². The summed E-state index contributed by atoms with van der Waals surface area (Å²) >= 11 is 0. The Morgan fingerprint density at radius 3 is 2.73 bits per heavy atom. The Kier molecular flexibility index (Phi) is 3.19. The van der Waals surface area contributed by atoms with Gasteiger partial charge in [-0.25, -0.2) is 0 Å². The van der Waals surface area contributed by atoms with Gasteiger partial charge in [0.2, 0.25) is 0 Å². The van der Waals surface area contributed by atoms with E-state index in [0.29, 0.717) is 6.04 Å². The van der Waals surface area contributed by atoms with Crippen LogP contribution in [0.2, 0.25) is 0 Å². The quantitative estimate of drug-likeness (QED) is 0.721. The van der Waals surface area contributed by atoms with Gasteiger partial charge in [-0.2, -0.15) is 0 Å². The first kappa shape index (κ1) is 10.4. The van der Waals surface area contributed by atoms with E-state index in [4.69, 9.17) is 0 Å². The zero-order chi connectivity index (χ0) is 10.7. The Balaban J connectivity index is 2.22. The Bertz CT molecular complexity index is 345. The molecule has 1 aromatic carbocycles. The molecule has 0 unspecified atom stereocenters. The van der Waals surface area contributed by atoms with E-state index < -0.39 is 0 Å². The summed E-state index contributed by atoms with van der Waals surface area (Å²) in [6.07, 6.45) is 3.08. The van der Waals surface area contributed by atoms with Crippen molar-refractivity contribution in [1.82, 2.24) is 5.32 Å². The molecule has 2 rings (SSSR count). The Hall–Kier alpha value is -1.12. The van der Waals surface area contributed by atoms with Crippen LogP contribution in [0.4, 0.5) is 0 Å². The fraction of sp³-hybridized carbons (Fsp3) is 0.385. The van der Waals surface area contributed by atoms with E-state index in [1.165, 1.54) is 5.56 Å². The highest BCUT2D eigenvalue weighted by atomic mass is 16.3. The van der Waals surface area contributed by atoms with Crippen LogP contribution in [0.25, 0.3) is 0 Å². The number of hydrogen-bond acceptors (Lipinski definition) is 2. The molecule has 2 atom stereocenters. The summed E-state index contributed by atoms with van der Waals surface area (Å²) < 4.78 is 0. The van der Waals surface area contributed by atoms with Gasteiger partial charge in [0.05, 0.1) is 12.6 Å². The van der Waals surface area contributed by atoms with Gasteiger partial charge < -0.3 is 10.4 Å². The van der Waals surface area contributed by atoms with E-state index in [0.717, 1.165) is 12.0 Å². The van der Waals surface area contributed by atoms with Gasteiger partial charge >= 0.3 is 0 Å². The number of benzene rings is 1. The van der Waals surface area contributed by atoms with E-state index >= 15 is 0 Å². The van der Waals surface area contributed by atoms with Crippen LogP contribution >= 0.6 is 0 Å². The molecule has 0 radical (unpaired) electrons. The molecule has 80 valence electrons. The summed E-state index contributed by atoms with van der Waals surface area (Å²) in [5, 5.41) is 12.7. The van der Waals surface area contributed by atoms with Crippen LogP contribution in [-0.4, -0.2) is 17.8 Å². The van der Waals surface area contributed by atoms with Crippen LogP contribution in [0.3, 0.4) is 0 Å². The Labute approximate surface area is 90.6 Å². The van der Waals surface area contributed by atoms with Crippen molar-refractivity contribution in [2.24, 2.45) is 0 Å². The topological polar surface area (TPSA) is 32.3 Å². The third-order valence-corrected chi connectivity index (χ3v) is 2.80. The molecule has 0 fully saturated rings. The molecule has 2 nitrogen and oxygen atoms in total. The number of aliphatic hydroxyl groups excluding tert-OH is 1. The molecule has 1 heterocycles. The van der Waals surface area contributed by atoms with E-state index in [1.807, 2.05) is 18.2 Å². The van der Waals surface area contributed by atoms with Crippen molar-refractivity contribution in [1.29, 1.82) is 0 Å². The number of nitrogens with one attached hydrogen (secondary N) is 1. The second-order valence-corrected chi connectivity index (χ2v) is 4.14. The van der Waals surface area contributed by atoms with Crippen molar-refractivity contribution < 1.29 is 5.11 Å². The number of rotatable bonds is 2. The minimum atomic E-state index is 0.176. The first-order valence-electron chi connectivity index (χ1n) is 5.41. The SMILES string of the molecule is C[C@@H]1CC(CO)=C[C@@H](c2ccccc2)N1. The first-order chi connectivity index (χ1) is 7.29. The third-order valence-electron chi connectivity index (χ3n) is 2.80. The summed E-state index contributed by atoms with van der Waals surface area (Å²) in [5.41, 5.74) is 2.39. The summed E-state index contributed by atoms with van der Waals surface area (Å²) in [6, 6.07) is 11.0. The zero-order valence-corrected chi connectivity index (χ0v) is 8.98. The summed E-state index contributed by atoms with van der Waals surface area (Å²) in [6.45, 7) is 2.33. The molecule has 0 saturated heterocycles. The maximum absolute atomic E-state index is 9.18. The molecule has 0 aromatic heterocycles. The highest BCUT2D eigenvalue weighted by Crippen LogP contribution is 2.23. The van der Waals surface area contributed by atoms with Crippen LogP contribution < -0.4 is 5.32 Å². The molecule has 15 heavy (non-hydrogen) atoms. The van der Waals surface area contributed by atoms with Crippen LogP contribution in [0.1, 0.15) is 24.9 Å². The first-order valence-corrected chi connectivity index (χ1v) is 5.41. The van der Waals surface area contributed by atoms with Crippen LogP contribution in [0.5, 0.6) is 0 Å². The highest BCUT2D eigenvalue weighted by Gasteiger charge is 2.18. The third kappa shape index (κ3) is 2.46. The van der Waals surface area contributed by atoms with Gasteiger partial charge in [0, 0.05) is 6.04 Å². The van der Waals surface area contributed by atoms with Crippen molar-refractivity contribution in [3.63, 3.8) is 0 Å². The summed E-state index contributed by atoms with van der Waals surface area (Å²) in [5.74, 6) is 0. The predicted molar refractivity (Wildman–Crippen MR) is 61.6 cm³/mol. The Morgan fingerprint density at radius 1 is 1.33 bits per heavy atom. The maximum Gasteiger partial charge on any atom is 0.0643 e. The van der Waals surface area contributed by atoms with Crippen molar-refractivity contribution in [2.45, 2.75) is 25.4 Å². The molecule has 2 heteroatoms. The van der Waals surface area contributed by atoms with Gasteiger partial charge in [-0.3, -0.25) is 0 Å². The molecule has 0 amide bonds. The lowest BCUT2D eigenvalue weighted by Gasteiger charge is -2.27. The molecule has 0 spiro atoms. The molecule has 2 N–H and O–H groups in total. The second-order valence-electron chi connectivity index (χ2n) is 4.14. The highest BCUT2D eigenvalue weighted by molar-refractivity contribution is 5.27. The van der Waals surface area contributed by atoms with Gasteiger partial charge in [-0.05, 0) is 24.5 Å². The van der Waals surface area contributed by atoms with E-state index in [9.17, 15) is 5.11 Å². The lowest BCUT2D eigenvalue weighted by atomic mass is 9.95. The van der Waals surface area contributed by atoms with Crippen LogP contribution in [0.15, 0.2) is 42.0 Å². The molecule has 0 bridgehead atoms. The van der Waals surface area contributed by atoms with E-state index in [2.05, 4.69) is 30.4 Å². The normalized spacial score (nSPS) is 26.1. The molecule has 1 aromatic rings. The van der Waals surface area contributed by atoms with Crippen LogP contribution in [0, 0.1) is 0 Å². The number of hydrogen-bond donors (Lipinski definition) is 2. The lowest BCUT2D eigenvalue weighted by molar-refractivity contribution is 0.313. The van der Waals surface area contributed by atoms with Gasteiger partial charge in [-0.15, -0.1) is 0 Å². The smallest absolute Gasteiger partial charge is 0.0643 e.